The molecule has 1 aliphatic carbocycles. The maximum Gasteiger partial charge on any atom is 0.115 e. The quantitative estimate of drug-likeness (QED) is 0.642. The summed E-state index contributed by atoms with van der Waals surface area (Å²) in [5.41, 5.74) is 0. The van der Waals surface area contributed by atoms with Crippen LogP contribution in [0.2, 0.25) is 0 Å². The first-order chi connectivity index (χ1) is 10.7. The van der Waals surface area contributed by atoms with Crippen LogP contribution in [0.3, 0.4) is 0 Å². The van der Waals surface area contributed by atoms with Gasteiger partial charge in [0.15, 0.2) is 0 Å². The van der Waals surface area contributed by atoms with E-state index in [1.165, 1.54) is 25.7 Å². The molecule has 0 bridgehead atoms. The molecule has 1 aromatic rings. The molecule has 2 heteroatoms. The van der Waals surface area contributed by atoms with Crippen LogP contribution in [0, 0.1) is 5.92 Å². The molecule has 132 valence electrons. The summed E-state index contributed by atoms with van der Waals surface area (Å²) in [5, 5.41) is 12.0. The Morgan fingerprint density at radius 3 is 1.50 bits per heavy atom. The average Bonchev–Trinajstić information content (AvgIpc) is 2.62. The molecule has 0 saturated heterocycles. The van der Waals surface area contributed by atoms with Gasteiger partial charge < -0.3 is 10.4 Å². The van der Waals surface area contributed by atoms with E-state index in [-0.39, 0.29) is 0 Å². The first kappa shape index (κ1) is 25.9. The second-order valence-electron chi connectivity index (χ2n) is 4.58. The minimum absolute atomic E-state index is 0.322. The van der Waals surface area contributed by atoms with Crippen LogP contribution in [-0.4, -0.2) is 18.2 Å². The van der Waals surface area contributed by atoms with E-state index >= 15 is 0 Å². The highest BCUT2D eigenvalue weighted by molar-refractivity contribution is 5.18. The fourth-order valence-electron chi connectivity index (χ4n) is 1.98. The first-order valence-corrected chi connectivity index (χ1v) is 9.13. The average molecular weight is 312 g/mol. The molecule has 1 aliphatic rings. The Morgan fingerprint density at radius 2 is 1.23 bits per heavy atom. The molecule has 1 aromatic carbocycles. The topological polar surface area (TPSA) is 32.3 Å². The van der Waals surface area contributed by atoms with Gasteiger partial charge in [-0.25, -0.2) is 0 Å². The van der Waals surface area contributed by atoms with Crippen LogP contribution in [0.5, 0.6) is 5.75 Å². The molecule has 2 nitrogen and oxygen atoms in total. The molecule has 0 atom stereocenters. The van der Waals surface area contributed by atoms with Gasteiger partial charge in [0.2, 0.25) is 0 Å². The lowest BCUT2D eigenvalue weighted by Crippen LogP contribution is -2.29. The molecule has 0 radical (unpaired) electrons. The van der Waals surface area contributed by atoms with Crippen molar-refractivity contribution in [3.8, 4) is 5.75 Å². The van der Waals surface area contributed by atoms with E-state index in [0.717, 1.165) is 12.0 Å². The molecule has 2 rings (SSSR count). The number of phenolic OH excluding ortho intramolecular Hbond substituents is 1. The van der Waals surface area contributed by atoms with Crippen molar-refractivity contribution < 1.29 is 5.11 Å². The third-order valence-electron chi connectivity index (χ3n) is 3.18. The fraction of sp³-hybridized carbons (Fsp3) is 0.700. The van der Waals surface area contributed by atoms with Gasteiger partial charge in [-0.2, -0.15) is 0 Å². The maximum atomic E-state index is 8.63. The van der Waals surface area contributed by atoms with Crippen molar-refractivity contribution in [1.82, 2.24) is 5.32 Å². The van der Waals surface area contributed by atoms with E-state index < -0.39 is 0 Å². The lowest BCUT2D eigenvalue weighted by molar-refractivity contribution is 0.319. The van der Waals surface area contributed by atoms with E-state index in [1.807, 2.05) is 47.6 Å². The van der Waals surface area contributed by atoms with Gasteiger partial charge >= 0.3 is 0 Å². The predicted molar refractivity (Wildman–Crippen MR) is 103 cm³/mol. The second-order valence-corrected chi connectivity index (χ2v) is 4.58. The summed E-state index contributed by atoms with van der Waals surface area (Å²) in [6, 6.07) is 9.53. The summed E-state index contributed by atoms with van der Waals surface area (Å²) in [5.74, 6) is 1.30. The summed E-state index contributed by atoms with van der Waals surface area (Å²) in [6.45, 7) is 14.4. The normalized spacial score (nSPS) is 18.5. The largest absolute Gasteiger partial charge is 0.508 e. The molecular weight excluding hydrogens is 270 g/mol. The minimum atomic E-state index is 0.322. The van der Waals surface area contributed by atoms with Gasteiger partial charge in [-0.05, 0) is 50.8 Å². The van der Waals surface area contributed by atoms with Crippen molar-refractivity contribution >= 4 is 0 Å². The molecule has 1 fully saturated rings. The van der Waals surface area contributed by atoms with Gasteiger partial charge in [0.1, 0.15) is 5.75 Å². The zero-order valence-electron chi connectivity index (χ0n) is 16.3. The number of phenols is 1. The van der Waals surface area contributed by atoms with Crippen molar-refractivity contribution in [2.45, 2.75) is 80.2 Å². The van der Waals surface area contributed by atoms with Crippen LogP contribution < -0.4 is 5.32 Å². The maximum absolute atomic E-state index is 8.63. The number of hydrogen-bond donors (Lipinski definition) is 2. The smallest absolute Gasteiger partial charge is 0.115 e. The Labute approximate surface area is 140 Å². The van der Waals surface area contributed by atoms with Crippen LogP contribution in [0.15, 0.2) is 30.3 Å². The number of rotatable bonds is 1. The lowest BCUT2D eigenvalue weighted by Gasteiger charge is -2.25. The van der Waals surface area contributed by atoms with Gasteiger partial charge in [-0.3, -0.25) is 0 Å². The number of hydrogen-bond acceptors (Lipinski definition) is 2. The van der Waals surface area contributed by atoms with Crippen molar-refractivity contribution in [2.75, 3.05) is 7.05 Å². The molecule has 0 heterocycles. The van der Waals surface area contributed by atoms with E-state index in [2.05, 4.69) is 19.3 Å². The zero-order valence-corrected chi connectivity index (χ0v) is 16.3. The van der Waals surface area contributed by atoms with Crippen molar-refractivity contribution in [3.05, 3.63) is 30.3 Å². The van der Waals surface area contributed by atoms with Gasteiger partial charge in [0.25, 0.3) is 0 Å². The SMILES string of the molecule is CC.CC.CC.CNC1CCC(C)CC1.Oc1ccccc1. The molecule has 0 aliphatic heterocycles. The molecule has 0 spiro atoms. The van der Waals surface area contributed by atoms with Crippen LogP contribution >= 0.6 is 0 Å². The summed E-state index contributed by atoms with van der Waals surface area (Å²) in [7, 11) is 2.07. The number of benzene rings is 1. The molecule has 1 saturated carbocycles. The molecule has 2 N–H and O–H groups in total. The van der Waals surface area contributed by atoms with Gasteiger partial charge in [-0.15, -0.1) is 0 Å². The first-order valence-electron chi connectivity index (χ1n) is 9.13. The van der Waals surface area contributed by atoms with Gasteiger partial charge in [-0.1, -0.05) is 66.7 Å². The Kier molecular flexibility index (Phi) is 26.2. The summed E-state index contributed by atoms with van der Waals surface area (Å²) >= 11 is 0. The van der Waals surface area contributed by atoms with E-state index in [9.17, 15) is 0 Å². The zero-order chi connectivity index (χ0) is 17.8. The van der Waals surface area contributed by atoms with E-state index in [1.54, 1.807) is 24.3 Å². The summed E-state index contributed by atoms with van der Waals surface area (Å²) in [4.78, 5) is 0. The predicted octanol–water partition coefficient (Wildman–Crippen LogP) is 6.26. The highest BCUT2D eigenvalue weighted by Gasteiger charge is 2.15. The van der Waals surface area contributed by atoms with Crippen molar-refractivity contribution in [3.63, 3.8) is 0 Å². The molecule has 0 unspecified atom stereocenters. The summed E-state index contributed by atoms with van der Waals surface area (Å²) < 4.78 is 0. The van der Waals surface area contributed by atoms with Crippen LogP contribution in [0.25, 0.3) is 0 Å². The Balaban J connectivity index is -0.000000249. The Bertz CT molecular complexity index is 266. The van der Waals surface area contributed by atoms with Crippen LogP contribution in [0.4, 0.5) is 0 Å². The molecular formula is C20H41NO. The Hall–Kier alpha value is -1.02. The molecule has 22 heavy (non-hydrogen) atoms. The van der Waals surface area contributed by atoms with E-state index in [4.69, 9.17) is 5.11 Å². The third-order valence-corrected chi connectivity index (χ3v) is 3.18. The monoisotopic (exact) mass is 311 g/mol. The molecule has 0 amide bonds. The third kappa shape index (κ3) is 17.0. The van der Waals surface area contributed by atoms with E-state index in [0.29, 0.717) is 5.75 Å². The Morgan fingerprint density at radius 1 is 0.818 bits per heavy atom. The number of para-hydroxylation sites is 1. The lowest BCUT2D eigenvalue weighted by atomic mass is 9.87. The summed E-state index contributed by atoms with van der Waals surface area (Å²) in [6.07, 6.45) is 5.62. The molecule has 0 aromatic heterocycles. The second kappa shape index (κ2) is 22.3. The van der Waals surface area contributed by atoms with Gasteiger partial charge in [0, 0.05) is 6.04 Å². The van der Waals surface area contributed by atoms with Crippen molar-refractivity contribution in [2.24, 2.45) is 5.92 Å². The highest BCUT2D eigenvalue weighted by Crippen LogP contribution is 2.22. The highest BCUT2D eigenvalue weighted by atomic mass is 16.3. The van der Waals surface area contributed by atoms with Crippen LogP contribution in [0.1, 0.15) is 74.1 Å². The number of aromatic hydroxyl groups is 1. The number of nitrogens with one attached hydrogen (secondary N) is 1. The standard InChI is InChI=1S/C8H17N.C6H6O.3C2H6/c1-7-3-5-8(9-2)6-4-7;7-6-4-2-1-3-5-6;3*1-2/h7-9H,3-6H2,1-2H3;1-5,7H;3*1-2H3. The fourth-order valence-corrected chi connectivity index (χ4v) is 1.98. The minimum Gasteiger partial charge on any atom is -0.508 e. The van der Waals surface area contributed by atoms with Gasteiger partial charge in [0.05, 0.1) is 0 Å². The van der Waals surface area contributed by atoms with Crippen LogP contribution in [-0.2, 0) is 0 Å². The van der Waals surface area contributed by atoms with Crippen molar-refractivity contribution in [1.29, 1.82) is 0 Å².